The third-order valence-electron chi connectivity index (χ3n) is 4.26. The van der Waals surface area contributed by atoms with Crippen LogP contribution in [0.25, 0.3) is 0 Å². The second-order valence-electron chi connectivity index (χ2n) is 5.94. The van der Waals surface area contributed by atoms with Crippen LogP contribution < -0.4 is 16.0 Å². The number of halogens is 2. The van der Waals surface area contributed by atoms with Gasteiger partial charge in [0.15, 0.2) is 0 Å². The third kappa shape index (κ3) is 3.54. The normalized spacial score (nSPS) is 18.6. The summed E-state index contributed by atoms with van der Waals surface area (Å²) in [5.74, 6) is -1.62. The first kappa shape index (κ1) is 16.4. The van der Waals surface area contributed by atoms with Crippen LogP contribution in [0.1, 0.15) is 18.0 Å². The Bertz CT molecular complexity index is 723. The average molecular weight is 331 g/mol. The first-order valence-corrected chi connectivity index (χ1v) is 7.85. The molecule has 2 atom stereocenters. The van der Waals surface area contributed by atoms with Crippen LogP contribution in [0.2, 0.25) is 0 Å². The molecule has 0 aromatic heterocycles. The number of nitrogens with two attached hydrogens (primary N) is 1. The SMILES string of the molecule is NC(=O)[C@H](N[C@H]1CCN(c2ccc(F)cc2F)C1)c1ccccc1. The average Bonchev–Trinajstić information content (AvgIpc) is 3.01. The van der Waals surface area contributed by atoms with E-state index < -0.39 is 23.6 Å². The zero-order valence-electron chi connectivity index (χ0n) is 13.1. The second kappa shape index (κ2) is 6.97. The van der Waals surface area contributed by atoms with Crippen LogP contribution in [0.4, 0.5) is 14.5 Å². The van der Waals surface area contributed by atoms with Crippen LogP contribution in [0.5, 0.6) is 0 Å². The maximum atomic E-state index is 13.9. The minimum atomic E-state index is -0.594. The van der Waals surface area contributed by atoms with Gasteiger partial charge in [0, 0.05) is 25.2 Å². The van der Waals surface area contributed by atoms with E-state index >= 15 is 0 Å². The molecule has 2 aromatic rings. The van der Waals surface area contributed by atoms with Crippen LogP contribution in [0.15, 0.2) is 48.5 Å². The molecule has 1 aliphatic heterocycles. The molecule has 0 aliphatic carbocycles. The van der Waals surface area contributed by atoms with Crippen LogP contribution in [-0.2, 0) is 4.79 Å². The van der Waals surface area contributed by atoms with Crippen molar-refractivity contribution in [3.63, 3.8) is 0 Å². The molecule has 1 aliphatic rings. The van der Waals surface area contributed by atoms with Crippen molar-refractivity contribution in [2.45, 2.75) is 18.5 Å². The summed E-state index contributed by atoms with van der Waals surface area (Å²) in [5, 5.41) is 3.25. The van der Waals surface area contributed by atoms with Gasteiger partial charge in [-0.2, -0.15) is 0 Å². The Kier molecular flexibility index (Phi) is 4.76. The highest BCUT2D eigenvalue weighted by molar-refractivity contribution is 5.81. The van der Waals surface area contributed by atoms with Gasteiger partial charge in [-0.1, -0.05) is 30.3 Å². The molecule has 1 heterocycles. The monoisotopic (exact) mass is 331 g/mol. The highest BCUT2D eigenvalue weighted by Gasteiger charge is 2.28. The molecule has 0 radical (unpaired) electrons. The van der Waals surface area contributed by atoms with E-state index in [0.717, 1.165) is 18.1 Å². The van der Waals surface area contributed by atoms with Gasteiger partial charge in [-0.25, -0.2) is 8.78 Å². The summed E-state index contributed by atoms with van der Waals surface area (Å²) in [7, 11) is 0. The number of anilines is 1. The Balaban J connectivity index is 1.70. The lowest BCUT2D eigenvalue weighted by Crippen LogP contribution is -2.41. The number of carbonyl (C=O) groups excluding carboxylic acids is 1. The van der Waals surface area contributed by atoms with Gasteiger partial charge in [0.25, 0.3) is 0 Å². The van der Waals surface area contributed by atoms with Gasteiger partial charge in [-0.05, 0) is 24.1 Å². The molecule has 0 saturated carbocycles. The van der Waals surface area contributed by atoms with E-state index in [2.05, 4.69) is 5.32 Å². The van der Waals surface area contributed by atoms with Crippen molar-refractivity contribution in [1.29, 1.82) is 0 Å². The number of rotatable bonds is 5. The largest absolute Gasteiger partial charge is 0.368 e. The summed E-state index contributed by atoms with van der Waals surface area (Å²) in [6, 6.07) is 12.2. The molecule has 0 unspecified atom stereocenters. The van der Waals surface area contributed by atoms with E-state index in [9.17, 15) is 13.6 Å². The van der Waals surface area contributed by atoms with E-state index in [1.807, 2.05) is 35.2 Å². The maximum absolute atomic E-state index is 13.9. The lowest BCUT2D eigenvalue weighted by molar-refractivity contribution is -0.120. The smallest absolute Gasteiger partial charge is 0.239 e. The van der Waals surface area contributed by atoms with Gasteiger partial charge in [-0.3, -0.25) is 10.1 Å². The predicted octanol–water partition coefficient (Wildman–Crippen LogP) is 2.36. The van der Waals surface area contributed by atoms with Crippen LogP contribution in [0, 0.1) is 11.6 Å². The van der Waals surface area contributed by atoms with Gasteiger partial charge in [0.2, 0.25) is 5.91 Å². The van der Waals surface area contributed by atoms with Gasteiger partial charge in [-0.15, -0.1) is 0 Å². The fraction of sp³-hybridized carbons (Fsp3) is 0.278. The summed E-state index contributed by atoms with van der Waals surface area (Å²) in [6.07, 6.45) is 0.743. The maximum Gasteiger partial charge on any atom is 0.239 e. The molecule has 126 valence electrons. The molecule has 0 spiro atoms. The summed E-state index contributed by atoms with van der Waals surface area (Å²) < 4.78 is 26.9. The summed E-state index contributed by atoms with van der Waals surface area (Å²) in [4.78, 5) is 13.6. The molecule has 1 fully saturated rings. The lowest BCUT2D eigenvalue weighted by atomic mass is 10.1. The predicted molar refractivity (Wildman–Crippen MR) is 88.5 cm³/mol. The van der Waals surface area contributed by atoms with E-state index in [1.54, 1.807) is 0 Å². The van der Waals surface area contributed by atoms with E-state index in [4.69, 9.17) is 5.73 Å². The molecule has 6 heteroatoms. The van der Waals surface area contributed by atoms with Gasteiger partial charge in [0.1, 0.15) is 17.7 Å². The Morgan fingerprint density at radius 3 is 2.62 bits per heavy atom. The molecular formula is C18H19F2N3O. The standard InChI is InChI=1S/C18H19F2N3O/c19-13-6-7-16(15(20)10-13)23-9-8-14(11-23)22-17(18(21)24)12-4-2-1-3-5-12/h1-7,10,14,17,22H,8-9,11H2,(H2,21,24)/t14-,17+/m0/s1. The number of nitrogens with one attached hydrogen (secondary N) is 1. The molecule has 3 rings (SSSR count). The van der Waals surface area contributed by atoms with Crippen molar-refractivity contribution < 1.29 is 13.6 Å². The molecular weight excluding hydrogens is 312 g/mol. The second-order valence-corrected chi connectivity index (χ2v) is 5.94. The van der Waals surface area contributed by atoms with Crippen molar-refractivity contribution in [2.24, 2.45) is 5.73 Å². The highest BCUT2D eigenvalue weighted by atomic mass is 19.1. The van der Waals surface area contributed by atoms with E-state index in [1.165, 1.54) is 12.1 Å². The van der Waals surface area contributed by atoms with E-state index in [-0.39, 0.29) is 6.04 Å². The number of hydrogen-bond acceptors (Lipinski definition) is 3. The zero-order valence-corrected chi connectivity index (χ0v) is 13.1. The Morgan fingerprint density at radius 1 is 1.21 bits per heavy atom. The molecule has 4 nitrogen and oxygen atoms in total. The molecule has 2 aromatic carbocycles. The number of amides is 1. The zero-order chi connectivity index (χ0) is 17.1. The Morgan fingerprint density at radius 2 is 1.96 bits per heavy atom. The molecule has 1 amide bonds. The minimum Gasteiger partial charge on any atom is -0.368 e. The van der Waals surface area contributed by atoms with Crippen LogP contribution >= 0.6 is 0 Å². The fourth-order valence-electron chi connectivity index (χ4n) is 3.08. The van der Waals surface area contributed by atoms with Gasteiger partial charge >= 0.3 is 0 Å². The van der Waals surface area contributed by atoms with Crippen molar-refractivity contribution >= 4 is 11.6 Å². The third-order valence-corrected chi connectivity index (χ3v) is 4.26. The van der Waals surface area contributed by atoms with Crippen molar-refractivity contribution in [3.05, 3.63) is 65.7 Å². The first-order valence-electron chi connectivity index (χ1n) is 7.85. The number of primary amides is 1. The number of benzene rings is 2. The topological polar surface area (TPSA) is 58.4 Å². The number of nitrogens with zero attached hydrogens (tertiary/aromatic N) is 1. The minimum absolute atomic E-state index is 0.00726. The van der Waals surface area contributed by atoms with Gasteiger partial charge in [0.05, 0.1) is 5.69 Å². The Labute approximate surface area is 139 Å². The number of hydrogen-bond donors (Lipinski definition) is 2. The molecule has 3 N–H and O–H groups in total. The number of carbonyl (C=O) groups is 1. The fourth-order valence-corrected chi connectivity index (χ4v) is 3.08. The molecule has 1 saturated heterocycles. The van der Waals surface area contributed by atoms with Gasteiger partial charge < -0.3 is 10.6 Å². The van der Waals surface area contributed by atoms with E-state index in [0.29, 0.717) is 18.8 Å². The van der Waals surface area contributed by atoms with Crippen molar-refractivity contribution in [1.82, 2.24) is 5.32 Å². The van der Waals surface area contributed by atoms with Crippen LogP contribution in [-0.4, -0.2) is 25.0 Å². The quantitative estimate of drug-likeness (QED) is 0.884. The Hall–Kier alpha value is -2.47. The highest BCUT2D eigenvalue weighted by Crippen LogP contribution is 2.25. The first-order chi connectivity index (χ1) is 11.5. The summed E-state index contributed by atoms with van der Waals surface area (Å²) >= 11 is 0. The molecule has 0 bridgehead atoms. The van der Waals surface area contributed by atoms with Crippen molar-refractivity contribution in [2.75, 3.05) is 18.0 Å². The lowest BCUT2D eigenvalue weighted by Gasteiger charge is -2.22. The van der Waals surface area contributed by atoms with Crippen LogP contribution in [0.3, 0.4) is 0 Å². The molecule has 24 heavy (non-hydrogen) atoms. The summed E-state index contributed by atoms with van der Waals surface area (Å²) in [6.45, 7) is 1.15. The van der Waals surface area contributed by atoms with Crippen molar-refractivity contribution in [3.8, 4) is 0 Å². The summed E-state index contributed by atoms with van der Waals surface area (Å²) in [5.41, 5.74) is 6.69.